The zero-order chi connectivity index (χ0) is 21.2. The minimum Gasteiger partial charge on any atom is -0.489 e. The summed E-state index contributed by atoms with van der Waals surface area (Å²) >= 11 is 0. The average molecular weight is 406 g/mol. The molecule has 3 N–H and O–H groups in total. The van der Waals surface area contributed by atoms with E-state index in [1.165, 1.54) is 0 Å². The number of rotatable bonds is 10. The molecular formula is C25H26O5. The Labute approximate surface area is 176 Å². The van der Waals surface area contributed by atoms with Crippen LogP contribution < -0.4 is 4.74 Å². The molecule has 0 bridgehead atoms. The van der Waals surface area contributed by atoms with Gasteiger partial charge in [-0.15, -0.1) is 5.73 Å². The van der Waals surface area contributed by atoms with Gasteiger partial charge in [0.05, 0.1) is 6.10 Å². The van der Waals surface area contributed by atoms with Gasteiger partial charge in [-0.25, -0.2) is 0 Å². The van der Waals surface area contributed by atoms with Crippen LogP contribution in [0.4, 0.5) is 0 Å². The molecule has 0 saturated heterocycles. The van der Waals surface area contributed by atoms with Gasteiger partial charge in [0.25, 0.3) is 0 Å². The quantitative estimate of drug-likeness (QED) is 0.433. The molecule has 2 aromatic carbocycles. The van der Waals surface area contributed by atoms with E-state index in [0.29, 0.717) is 17.9 Å². The summed E-state index contributed by atoms with van der Waals surface area (Å²) in [6.45, 7) is 0.0662. The summed E-state index contributed by atoms with van der Waals surface area (Å²) in [5.74, 6) is 1.54. The average Bonchev–Trinajstić information content (AvgIpc) is 3.28. The third kappa shape index (κ3) is 6.48. The van der Waals surface area contributed by atoms with Crippen molar-refractivity contribution in [2.24, 2.45) is 0 Å². The van der Waals surface area contributed by atoms with Crippen LogP contribution in [0.5, 0.6) is 5.75 Å². The molecule has 2 atom stereocenters. The fourth-order valence-corrected chi connectivity index (χ4v) is 2.96. The lowest BCUT2D eigenvalue weighted by molar-refractivity contribution is 0.145. The Morgan fingerprint density at radius 1 is 0.933 bits per heavy atom. The van der Waals surface area contributed by atoms with E-state index >= 15 is 0 Å². The minimum atomic E-state index is -0.840. The fraction of sp³-hybridized carbons (Fsp3) is 0.240. The monoisotopic (exact) mass is 406 g/mol. The lowest BCUT2D eigenvalue weighted by Crippen LogP contribution is -2.06. The van der Waals surface area contributed by atoms with Gasteiger partial charge in [-0.05, 0) is 35.9 Å². The summed E-state index contributed by atoms with van der Waals surface area (Å²) < 4.78 is 11.2. The summed E-state index contributed by atoms with van der Waals surface area (Å²) in [6, 6.07) is 22.2. The van der Waals surface area contributed by atoms with Crippen molar-refractivity contribution in [1.82, 2.24) is 0 Å². The highest BCUT2D eigenvalue weighted by molar-refractivity contribution is 5.23. The van der Waals surface area contributed by atoms with Crippen molar-refractivity contribution in [2.75, 3.05) is 6.61 Å². The van der Waals surface area contributed by atoms with Crippen LogP contribution >= 0.6 is 0 Å². The van der Waals surface area contributed by atoms with Gasteiger partial charge in [0.1, 0.15) is 36.6 Å². The normalized spacial score (nSPS) is 12.6. The molecule has 5 heteroatoms. The van der Waals surface area contributed by atoms with Crippen molar-refractivity contribution < 1.29 is 24.5 Å². The third-order valence-corrected chi connectivity index (χ3v) is 4.59. The van der Waals surface area contributed by atoms with Gasteiger partial charge in [-0.1, -0.05) is 48.5 Å². The summed E-state index contributed by atoms with van der Waals surface area (Å²) in [7, 11) is 0. The van der Waals surface area contributed by atoms with Crippen LogP contribution in [0.3, 0.4) is 0 Å². The van der Waals surface area contributed by atoms with Crippen molar-refractivity contribution in [3.63, 3.8) is 0 Å². The largest absolute Gasteiger partial charge is 0.489 e. The molecule has 0 fully saturated rings. The predicted molar refractivity (Wildman–Crippen MR) is 114 cm³/mol. The lowest BCUT2D eigenvalue weighted by atomic mass is 10.0. The summed E-state index contributed by atoms with van der Waals surface area (Å²) in [6.07, 6.45) is 0.845. The molecule has 0 unspecified atom stereocenters. The highest BCUT2D eigenvalue weighted by Crippen LogP contribution is 2.23. The van der Waals surface area contributed by atoms with Crippen LogP contribution in [0.15, 0.2) is 94.6 Å². The first-order valence-corrected chi connectivity index (χ1v) is 9.87. The molecule has 0 aliphatic heterocycles. The van der Waals surface area contributed by atoms with Crippen molar-refractivity contribution >= 4 is 0 Å². The fourth-order valence-electron chi connectivity index (χ4n) is 2.96. The van der Waals surface area contributed by atoms with Crippen LogP contribution in [0.2, 0.25) is 0 Å². The Morgan fingerprint density at radius 3 is 2.30 bits per heavy atom. The van der Waals surface area contributed by atoms with E-state index in [-0.39, 0.29) is 19.6 Å². The second-order valence-corrected chi connectivity index (χ2v) is 6.90. The Morgan fingerprint density at radius 2 is 1.63 bits per heavy atom. The van der Waals surface area contributed by atoms with Gasteiger partial charge in [-0.3, -0.25) is 0 Å². The summed E-state index contributed by atoms with van der Waals surface area (Å²) in [5, 5.41) is 29.9. The number of hydrogen-bond acceptors (Lipinski definition) is 5. The van der Waals surface area contributed by atoms with Crippen molar-refractivity contribution in [1.29, 1.82) is 0 Å². The second-order valence-electron chi connectivity index (χ2n) is 6.90. The highest BCUT2D eigenvalue weighted by Gasteiger charge is 2.12. The van der Waals surface area contributed by atoms with Crippen LogP contribution in [-0.2, 0) is 6.61 Å². The van der Waals surface area contributed by atoms with E-state index in [1.54, 1.807) is 18.2 Å². The topological polar surface area (TPSA) is 83.1 Å². The maximum atomic E-state index is 10.6. The molecular weight excluding hydrogens is 380 g/mol. The molecule has 0 aliphatic rings. The number of benzene rings is 2. The number of aliphatic hydroxyl groups excluding tert-OH is 3. The molecule has 1 aromatic heterocycles. The van der Waals surface area contributed by atoms with Crippen molar-refractivity contribution in [3.8, 4) is 5.75 Å². The van der Waals surface area contributed by atoms with Crippen LogP contribution in [0, 0.1) is 0 Å². The van der Waals surface area contributed by atoms with E-state index in [0.717, 1.165) is 16.9 Å². The Balaban J connectivity index is 1.70. The zero-order valence-electron chi connectivity index (χ0n) is 16.6. The van der Waals surface area contributed by atoms with E-state index in [1.807, 2.05) is 60.7 Å². The summed E-state index contributed by atoms with van der Waals surface area (Å²) in [4.78, 5) is 0. The van der Waals surface area contributed by atoms with Gasteiger partial charge in [0, 0.05) is 18.4 Å². The Bertz CT molecular complexity index is 955. The summed E-state index contributed by atoms with van der Waals surface area (Å²) in [5.41, 5.74) is 4.77. The lowest BCUT2D eigenvalue weighted by Gasteiger charge is -2.13. The van der Waals surface area contributed by atoms with Crippen LogP contribution in [0.25, 0.3) is 0 Å². The molecule has 0 saturated carbocycles. The van der Waals surface area contributed by atoms with E-state index < -0.39 is 12.2 Å². The third-order valence-electron chi connectivity index (χ3n) is 4.59. The number of ether oxygens (including phenoxy) is 1. The van der Waals surface area contributed by atoms with E-state index in [9.17, 15) is 10.2 Å². The standard InChI is InChI=1S/C25H26O5/c26-17-22-14-15-25(30-22)23(27)13-7-8-19(18-29-21-11-5-2-6-12-21)16-24(28)20-9-3-1-4-10-20/h1-7,9-12,14-15,23-24,26-28H,13,16-18H2/t8?,23-,24-/m1/s1. The molecule has 0 aliphatic carbocycles. The molecule has 0 amide bonds. The van der Waals surface area contributed by atoms with Gasteiger partial charge in [0.2, 0.25) is 0 Å². The molecule has 3 aromatic rings. The van der Waals surface area contributed by atoms with Crippen molar-refractivity contribution in [2.45, 2.75) is 31.7 Å². The van der Waals surface area contributed by atoms with Crippen LogP contribution in [-0.4, -0.2) is 21.9 Å². The first-order valence-electron chi connectivity index (χ1n) is 9.87. The molecule has 1 heterocycles. The zero-order valence-corrected chi connectivity index (χ0v) is 16.6. The SMILES string of the molecule is OCc1ccc([C@H](O)CC=C=C(COc2ccccc2)C[C@@H](O)c2ccccc2)o1. The molecule has 0 spiro atoms. The molecule has 5 nitrogen and oxygen atoms in total. The highest BCUT2D eigenvalue weighted by atomic mass is 16.5. The molecule has 156 valence electrons. The Kier molecular flexibility index (Phi) is 8.07. The van der Waals surface area contributed by atoms with Crippen molar-refractivity contribution in [3.05, 3.63) is 107 Å². The predicted octanol–water partition coefficient (Wildman–Crippen LogP) is 4.48. The molecule has 30 heavy (non-hydrogen) atoms. The Hall–Kier alpha value is -3.08. The maximum Gasteiger partial charge on any atom is 0.133 e. The van der Waals surface area contributed by atoms with E-state index in [4.69, 9.17) is 14.3 Å². The number of aliphatic hydroxyl groups is 3. The number of hydrogen-bond donors (Lipinski definition) is 3. The number of para-hydroxylation sites is 1. The second kappa shape index (κ2) is 11.2. The molecule has 3 rings (SSSR count). The van der Waals surface area contributed by atoms with Gasteiger partial charge in [0.15, 0.2) is 0 Å². The first-order chi connectivity index (χ1) is 14.7. The maximum absolute atomic E-state index is 10.6. The van der Waals surface area contributed by atoms with Gasteiger partial charge < -0.3 is 24.5 Å². The van der Waals surface area contributed by atoms with E-state index in [2.05, 4.69) is 5.73 Å². The van der Waals surface area contributed by atoms with Gasteiger partial charge in [-0.2, -0.15) is 0 Å². The first kappa shape index (κ1) is 21.6. The van der Waals surface area contributed by atoms with Crippen LogP contribution in [0.1, 0.15) is 42.1 Å². The number of furan rings is 1. The van der Waals surface area contributed by atoms with Gasteiger partial charge >= 0.3 is 0 Å². The minimum absolute atomic E-state index is 0.208. The smallest absolute Gasteiger partial charge is 0.133 e. The molecule has 0 radical (unpaired) electrons.